The van der Waals surface area contributed by atoms with Gasteiger partial charge in [-0.05, 0) is 44.4 Å². The van der Waals surface area contributed by atoms with Gasteiger partial charge in [-0.1, -0.05) is 78.9 Å². The molecule has 196 valence electrons. The molecular weight excluding hydrogens is 480 g/mol. The number of amides is 1. The average Bonchev–Trinajstić information content (AvgIpc) is 2.90. The van der Waals surface area contributed by atoms with Gasteiger partial charge in [-0.2, -0.15) is 0 Å². The van der Waals surface area contributed by atoms with Gasteiger partial charge in [0, 0.05) is 5.39 Å². The predicted octanol–water partition coefficient (Wildman–Crippen LogP) is 6.11. The largest absolute Gasteiger partial charge is 0.489 e. The van der Waals surface area contributed by atoms with Crippen LogP contribution in [-0.4, -0.2) is 35.3 Å². The van der Waals surface area contributed by atoms with Crippen molar-refractivity contribution in [3.8, 4) is 5.75 Å². The smallest absolute Gasteiger partial charge is 0.408 e. The van der Waals surface area contributed by atoms with E-state index in [-0.39, 0.29) is 19.0 Å². The molecule has 7 heteroatoms. The zero-order valence-electron chi connectivity index (χ0n) is 21.8. The van der Waals surface area contributed by atoms with Crippen molar-refractivity contribution < 1.29 is 23.8 Å². The van der Waals surface area contributed by atoms with E-state index in [1.165, 1.54) is 6.20 Å². The molecule has 0 bridgehead atoms. The summed E-state index contributed by atoms with van der Waals surface area (Å²) in [6, 6.07) is 26.2. The van der Waals surface area contributed by atoms with Crippen LogP contribution in [0.4, 0.5) is 4.79 Å². The summed E-state index contributed by atoms with van der Waals surface area (Å²) in [5, 5.41) is 3.53. The first kappa shape index (κ1) is 26.7. The molecule has 0 unspecified atom stereocenters. The number of aromatic nitrogens is 1. The Balaban J connectivity index is 1.56. The van der Waals surface area contributed by atoms with Crippen molar-refractivity contribution in [3.63, 3.8) is 0 Å². The van der Waals surface area contributed by atoms with Crippen LogP contribution in [0.25, 0.3) is 10.9 Å². The van der Waals surface area contributed by atoms with Crippen LogP contribution in [0.5, 0.6) is 5.75 Å². The van der Waals surface area contributed by atoms with Gasteiger partial charge >= 0.3 is 12.1 Å². The SMILES string of the molecule is CC(C)(C)OC(=O)N[C@@H](COc1cnc2ccccc2c1C(=O)OCc1ccccc1)Cc1ccccc1. The highest BCUT2D eigenvalue weighted by atomic mass is 16.6. The number of rotatable bonds is 9. The Morgan fingerprint density at radius 1 is 0.868 bits per heavy atom. The Labute approximate surface area is 222 Å². The lowest BCUT2D eigenvalue weighted by molar-refractivity contribution is 0.0455. The number of hydrogen-bond acceptors (Lipinski definition) is 6. The Hall–Kier alpha value is -4.39. The quantitative estimate of drug-likeness (QED) is 0.273. The van der Waals surface area contributed by atoms with Crippen molar-refractivity contribution in [2.45, 2.75) is 45.4 Å². The number of carbonyl (C=O) groups is 2. The van der Waals surface area contributed by atoms with Crippen LogP contribution in [0.1, 0.15) is 42.3 Å². The van der Waals surface area contributed by atoms with Crippen molar-refractivity contribution in [1.29, 1.82) is 0 Å². The van der Waals surface area contributed by atoms with Crippen LogP contribution in [0, 0.1) is 0 Å². The maximum Gasteiger partial charge on any atom is 0.408 e. The standard InChI is InChI=1S/C31H32N2O5/c1-31(2,3)38-30(35)33-24(18-22-12-6-4-7-13-22)21-36-27-19-32-26-17-11-10-16-25(26)28(27)29(34)37-20-23-14-8-5-9-15-23/h4-17,19,24H,18,20-21H2,1-3H3,(H,33,35)/t24-/m1/s1. The van der Waals surface area contributed by atoms with Crippen molar-refractivity contribution in [1.82, 2.24) is 10.3 Å². The third-order valence-electron chi connectivity index (χ3n) is 5.64. The summed E-state index contributed by atoms with van der Waals surface area (Å²) in [6.45, 7) is 5.65. The van der Waals surface area contributed by atoms with Gasteiger partial charge in [0.15, 0.2) is 5.75 Å². The van der Waals surface area contributed by atoms with Crippen LogP contribution >= 0.6 is 0 Å². The second kappa shape index (κ2) is 12.2. The molecule has 0 aliphatic carbocycles. The molecule has 0 spiro atoms. The molecule has 1 aromatic heterocycles. The summed E-state index contributed by atoms with van der Waals surface area (Å²) in [4.78, 5) is 30.3. The number of benzene rings is 3. The number of para-hydroxylation sites is 1. The van der Waals surface area contributed by atoms with E-state index in [2.05, 4.69) is 10.3 Å². The molecular formula is C31H32N2O5. The molecule has 1 amide bonds. The summed E-state index contributed by atoms with van der Waals surface area (Å²) < 4.78 is 17.3. The minimum absolute atomic E-state index is 0.0904. The Kier molecular flexibility index (Phi) is 8.58. The van der Waals surface area contributed by atoms with Gasteiger partial charge in [0.05, 0.1) is 17.8 Å². The number of fused-ring (bicyclic) bond motifs is 1. The highest BCUT2D eigenvalue weighted by Gasteiger charge is 2.23. The molecule has 38 heavy (non-hydrogen) atoms. The van der Waals surface area contributed by atoms with E-state index in [0.717, 1.165) is 11.1 Å². The van der Waals surface area contributed by atoms with Crippen molar-refractivity contribution in [3.05, 3.63) is 108 Å². The van der Waals surface area contributed by atoms with Crippen molar-refractivity contribution in [2.75, 3.05) is 6.61 Å². The molecule has 1 atom stereocenters. The lowest BCUT2D eigenvalue weighted by Gasteiger charge is -2.24. The molecule has 0 aliphatic rings. The lowest BCUT2D eigenvalue weighted by Crippen LogP contribution is -2.43. The van der Waals surface area contributed by atoms with Crippen molar-refractivity contribution >= 4 is 23.0 Å². The number of esters is 1. The lowest BCUT2D eigenvalue weighted by atomic mass is 10.1. The molecule has 1 N–H and O–H groups in total. The van der Waals surface area contributed by atoms with Gasteiger partial charge in [-0.25, -0.2) is 9.59 Å². The zero-order chi connectivity index (χ0) is 27.0. The van der Waals surface area contributed by atoms with E-state index in [4.69, 9.17) is 14.2 Å². The maximum atomic E-state index is 13.3. The van der Waals surface area contributed by atoms with Gasteiger partial charge in [0.25, 0.3) is 0 Å². The Morgan fingerprint density at radius 3 is 2.18 bits per heavy atom. The molecule has 0 aliphatic heterocycles. The molecule has 0 fully saturated rings. The van der Waals surface area contributed by atoms with Crippen LogP contribution in [0.2, 0.25) is 0 Å². The fourth-order valence-corrected chi connectivity index (χ4v) is 3.95. The number of hydrogen-bond donors (Lipinski definition) is 1. The van der Waals surface area contributed by atoms with E-state index < -0.39 is 23.7 Å². The number of pyridine rings is 1. The highest BCUT2D eigenvalue weighted by molar-refractivity contribution is 6.05. The second-order valence-corrected chi connectivity index (χ2v) is 9.92. The van der Waals surface area contributed by atoms with Gasteiger partial charge in [-0.3, -0.25) is 4.98 Å². The van der Waals surface area contributed by atoms with Gasteiger partial charge in [0.1, 0.15) is 24.4 Å². The first-order valence-corrected chi connectivity index (χ1v) is 12.5. The molecule has 0 saturated heterocycles. The molecule has 4 rings (SSSR count). The van der Waals surface area contributed by atoms with Gasteiger partial charge < -0.3 is 19.5 Å². The van der Waals surface area contributed by atoms with E-state index in [0.29, 0.717) is 22.9 Å². The minimum atomic E-state index is -0.639. The molecule has 4 aromatic rings. The number of nitrogens with zero attached hydrogens (tertiary/aromatic N) is 1. The molecule has 1 heterocycles. The summed E-state index contributed by atoms with van der Waals surface area (Å²) in [5.41, 5.74) is 2.21. The summed E-state index contributed by atoms with van der Waals surface area (Å²) in [5.74, 6) is -0.229. The first-order valence-electron chi connectivity index (χ1n) is 12.5. The third-order valence-corrected chi connectivity index (χ3v) is 5.64. The van der Waals surface area contributed by atoms with Crippen LogP contribution in [-0.2, 0) is 22.5 Å². The number of carbonyl (C=O) groups excluding carboxylic acids is 2. The topological polar surface area (TPSA) is 86.8 Å². The molecule has 7 nitrogen and oxygen atoms in total. The van der Waals surface area contributed by atoms with E-state index in [1.54, 1.807) is 0 Å². The number of nitrogens with one attached hydrogen (secondary N) is 1. The normalized spacial score (nSPS) is 12.0. The third kappa shape index (κ3) is 7.56. The molecule has 0 saturated carbocycles. The average molecular weight is 513 g/mol. The van der Waals surface area contributed by atoms with E-state index in [9.17, 15) is 9.59 Å². The highest BCUT2D eigenvalue weighted by Crippen LogP contribution is 2.28. The summed E-state index contributed by atoms with van der Waals surface area (Å²) >= 11 is 0. The van der Waals surface area contributed by atoms with Crippen molar-refractivity contribution in [2.24, 2.45) is 0 Å². The number of ether oxygens (including phenoxy) is 3. The van der Waals surface area contributed by atoms with E-state index in [1.807, 2.05) is 106 Å². The van der Waals surface area contributed by atoms with Crippen LogP contribution in [0.3, 0.4) is 0 Å². The van der Waals surface area contributed by atoms with Gasteiger partial charge in [-0.15, -0.1) is 0 Å². The Morgan fingerprint density at radius 2 is 1.50 bits per heavy atom. The monoisotopic (exact) mass is 512 g/mol. The Bertz CT molecular complexity index is 1370. The molecule has 3 aromatic carbocycles. The minimum Gasteiger partial charge on any atom is -0.489 e. The summed E-state index contributed by atoms with van der Waals surface area (Å²) in [6.07, 6.45) is 1.49. The number of alkyl carbamates (subject to hydrolysis) is 1. The second-order valence-electron chi connectivity index (χ2n) is 9.92. The molecule has 0 radical (unpaired) electrons. The first-order chi connectivity index (χ1) is 18.3. The fraction of sp³-hybridized carbons (Fsp3) is 0.258. The van der Waals surface area contributed by atoms with E-state index >= 15 is 0 Å². The van der Waals surface area contributed by atoms with Crippen LogP contribution < -0.4 is 10.1 Å². The fourth-order valence-electron chi connectivity index (χ4n) is 3.95. The van der Waals surface area contributed by atoms with Gasteiger partial charge in [0.2, 0.25) is 0 Å². The predicted molar refractivity (Wildman–Crippen MR) is 146 cm³/mol. The summed E-state index contributed by atoms with van der Waals surface area (Å²) in [7, 11) is 0. The van der Waals surface area contributed by atoms with Crippen LogP contribution in [0.15, 0.2) is 91.1 Å². The zero-order valence-corrected chi connectivity index (χ0v) is 21.8. The maximum absolute atomic E-state index is 13.3.